The molecule has 5 nitrogen and oxygen atoms in total. The first-order valence-corrected chi connectivity index (χ1v) is 6.93. The highest BCUT2D eigenvalue weighted by molar-refractivity contribution is 5.97. The fourth-order valence-corrected chi connectivity index (χ4v) is 2.09. The third-order valence-corrected chi connectivity index (χ3v) is 3.21. The third kappa shape index (κ3) is 3.15. The number of hydrogen-bond acceptors (Lipinski definition) is 4. The van der Waals surface area contributed by atoms with E-state index >= 15 is 0 Å². The maximum atomic E-state index is 12.1. The maximum Gasteiger partial charge on any atom is 0.338 e. The Kier molecular flexibility index (Phi) is 4.37. The van der Waals surface area contributed by atoms with Crippen LogP contribution in [0.15, 0.2) is 12.3 Å². The van der Waals surface area contributed by atoms with Crippen molar-refractivity contribution in [3.8, 4) is 0 Å². The van der Waals surface area contributed by atoms with Crippen LogP contribution in [0.4, 0.5) is 5.82 Å². The predicted octanol–water partition coefficient (Wildman–Crippen LogP) is 2.33. The molecule has 0 radical (unpaired) electrons. The fraction of sp³-hybridized carbons (Fsp3) is 0.533. The van der Waals surface area contributed by atoms with E-state index in [1.165, 1.54) is 0 Å². The molecule has 1 aliphatic heterocycles. The van der Waals surface area contributed by atoms with Crippen LogP contribution < -0.4 is 4.90 Å². The molecular weight excluding hydrogens is 256 g/mol. The normalized spacial score (nSPS) is 15.0. The molecule has 2 rings (SSSR count). The van der Waals surface area contributed by atoms with Gasteiger partial charge in [-0.05, 0) is 30.9 Å². The van der Waals surface area contributed by atoms with Gasteiger partial charge in [0.25, 0.3) is 0 Å². The Morgan fingerprint density at radius 3 is 2.85 bits per heavy atom. The standard InChI is InChI=1S/C15H20N2O3/c1-10(2)9-20-15(19)12-7-13(16-8-11(12)3)17-6-4-5-14(17)18/h7-8,10H,4-6,9H2,1-3H3. The molecule has 0 atom stereocenters. The van der Waals surface area contributed by atoms with Crippen molar-refractivity contribution in [2.75, 3.05) is 18.1 Å². The van der Waals surface area contributed by atoms with Gasteiger partial charge in [0.1, 0.15) is 5.82 Å². The molecule has 0 N–H and O–H groups in total. The highest BCUT2D eigenvalue weighted by Gasteiger charge is 2.24. The number of ether oxygens (including phenoxy) is 1. The van der Waals surface area contributed by atoms with Crippen molar-refractivity contribution in [2.24, 2.45) is 5.92 Å². The minimum Gasteiger partial charge on any atom is -0.462 e. The Balaban J connectivity index is 2.20. The molecule has 0 aliphatic carbocycles. The molecule has 1 aliphatic rings. The van der Waals surface area contributed by atoms with Crippen LogP contribution in [0.5, 0.6) is 0 Å². The quantitative estimate of drug-likeness (QED) is 0.792. The van der Waals surface area contributed by atoms with Gasteiger partial charge in [-0.15, -0.1) is 0 Å². The first-order valence-electron chi connectivity index (χ1n) is 6.93. The molecule has 1 amide bonds. The second-order valence-corrected chi connectivity index (χ2v) is 5.50. The molecule has 0 unspecified atom stereocenters. The number of esters is 1. The Hall–Kier alpha value is -1.91. The summed E-state index contributed by atoms with van der Waals surface area (Å²) >= 11 is 0. The van der Waals surface area contributed by atoms with E-state index in [1.807, 2.05) is 20.8 Å². The summed E-state index contributed by atoms with van der Waals surface area (Å²) in [5.74, 6) is 0.532. The van der Waals surface area contributed by atoms with Gasteiger partial charge < -0.3 is 4.74 Å². The van der Waals surface area contributed by atoms with Crippen LogP contribution in [0, 0.1) is 12.8 Å². The molecule has 1 aromatic heterocycles. The van der Waals surface area contributed by atoms with Crippen LogP contribution in [0.25, 0.3) is 0 Å². The smallest absolute Gasteiger partial charge is 0.338 e. The van der Waals surface area contributed by atoms with Crippen molar-refractivity contribution in [3.63, 3.8) is 0 Å². The number of hydrogen-bond donors (Lipinski definition) is 0. The van der Waals surface area contributed by atoms with Crippen molar-refractivity contribution in [3.05, 3.63) is 23.4 Å². The van der Waals surface area contributed by atoms with Crippen LogP contribution in [0.1, 0.15) is 42.6 Å². The monoisotopic (exact) mass is 276 g/mol. The highest BCUT2D eigenvalue weighted by Crippen LogP contribution is 2.22. The molecule has 0 aromatic carbocycles. The Labute approximate surface area is 118 Å². The highest BCUT2D eigenvalue weighted by atomic mass is 16.5. The van der Waals surface area contributed by atoms with Crippen molar-refractivity contribution in [1.29, 1.82) is 0 Å². The van der Waals surface area contributed by atoms with Crippen LogP contribution >= 0.6 is 0 Å². The molecule has 1 saturated heterocycles. The van der Waals surface area contributed by atoms with Crippen LogP contribution in [0.3, 0.4) is 0 Å². The molecule has 0 spiro atoms. The first kappa shape index (κ1) is 14.5. The van der Waals surface area contributed by atoms with Crippen LogP contribution in [-0.2, 0) is 9.53 Å². The lowest BCUT2D eigenvalue weighted by Gasteiger charge is -2.16. The minimum absolute atomic E-state index is 0.0582. The van der Waals surface area contributed by atoms with E-state index in [1.54, 1.807) is 17.2 Å². The molecular formula is C15H20N2O3. The zero-order chi connectivity index (χ0) is 14.7. The molecule has 1 aromatic rings. The zero-order valence-corrected chi connectivity index (χ0v) is 12.2. The van der Waals surface area contributed by atoms with Gasteiger partial charge in [0.05, 0.1) is 12.2 Å². The summed E-state index contributed by atoms with van der Waals surface area (Å²) in [7, 11) is 0. The number of carbonyl (C=O) groups is 2. The summed E-state index contributed by atoms with van der Waals surface area (Å²) in [6.07, 6.45) is 3.00. The molecule has 0 bridgehead atoms. The van der Waals surface area contributed by atoms with Crippen molar-refractivity contribution >= 4 is 17.7 Å². The second-order valence-electron chi connectivity index (χ2n) is 5.50. The number of carbonyl (C=O) groups excluding carboxylic acids is 2. The third-order valence-electron chi connectivity index (χ3n) is 3.21. The molecule has 108 valence electrons. The Bertz CT molecular complexity index is 526. The van der Waals surface area contributed by atoms with Gasteiger partial charge in [-0.25, -0.2) is 9.78 Å². The van der Waals surface area contributed by atoms with E-state index in [0.717, 1.165) is 12.0 Å². The van der Waals surface area contributed by atoms with Gasteiger partial charge in [-0.2, -0.15) is 0 Å². The minimum atomic E-state index is -0.355. The fourth-order valence-electron chi connectivity index (χ4n) is 2.09. The predicted molar refractivity (Wildman–Crippen MR) is 75.7 cm³/mol. The summed E-state index contributed by atoms with van der Waals surface area (Å²) in [5.41, 5.74) is 1.24. The van der Waals surface area contributed by atoms with Gasteiger partial charge in [0.2, 0.25) is 5.91 Å². The van der Waals surface area contributed by atoms with E-state index < -0.39 is 0 Å². The van der Waals surface area contributed by atoms with Crippen LogP contribution in [-0.4, -0.2) is 30.0 Å². The number of amides is 1. The molecule has 0 saturated carbocycles. The lowest BCUT2D eigenvalue weighted by molar-refractivity contribution is -0.117. The summed E-state index contributed by atoms with van der Waals surface area (Å²) in [5, 5.41) is 0. The molecule has 5 heteroatoms. The number of aryl methyl sites for hydroxylation is 1. The lowest BCUT2D eigenvalue weighted by Crippen LogP contribution is -2.25. The van der Waals surface area contributed by atoms with Crippen molar-refractivity contribution < 1.29 is 14.3 Å². The molecule has 20 heavy (non-hydrogen) atoms. The SMILES string of the molecule is Cc1cnc(N2CCCC2=O)cc1C(=O)OCC(C)C. The average Bonchev–Trinajstić information content (AvgIpc) is 2.83. The van der Waals surface area contributed by atoms with Gasteiger partial charge in [-0.1, -0.05) is 13.8 Å². The number of aromatic nitrogens is 1. The van der Waals surface area contributed by atoms with Gasteiger partial charge in [0.15, 0.2) is 0 Å². The van der Waals surface area contributed by atoms with E-state index in [-0.39, 0.29) is 11.9 Å². The van der Waals surface area contributed by atoms with E-state index in [2.05, 4.69) is 4.98 Å². The number of pyridine rings is 1. The van der Waals surface area contributed by atoms with Gasteiger partial charge >= 0.3 is 5.97 Å². The summed E-state index contributed by atoms with van der Waals surface area (Å²) in [6.45, 7) is 6.84. The van der Waals surface area contributed by atoms with Crippen LogP contribution in [0.2, 0.25) is 0 Å². The maximum absolute atomic E-state index is 12.1. The number of anilines is 1. The topological polar surface area (TPSA) is 59.5 Å². The Morgan fingerprint density at radius 2 is 2.25 bits per heavy atom. The second kappa shape index (κ2) is 6.03. The number of nitrogens with zero attached hydrogens (tertiary/aromatic N) is 2. The van der Waals surface area contributed by atoms with E-state index in [4.69, 9.17) is 4.74 Å². The van der Waals surface area contributed by atoms with Gasteiger partial charge in [0, 0.05) is 19.2 Å². The average molecular weight is 276 g/mol. The molecule has 1 fully saturated rings. The van der Waals surface area contributed by atoms with Crippen molar-refractivity contribution in [2.45, 2.75) is 33.6 Å². The first-order chi connectivity index (χ1) is 9.49. The zero-order valence-electron chi connectivity index (χ0n) is 12.2. The number of rotatable bonds is 4. The van der Waals surface area contributed by atoms with Crippen molar-refractivity contribution in [1.82, 2.24) is 4.98 Å². The summed E-state index contributed by atoms with van der Waals surface area (Å²) in [6, 6.07) is 1.65. The van der Waals surface area contributed by atoms with Gasteiger partial charge in [-0.3, -0.25) is 9.69 Å². The molecule has 2 heterocycles. The summed E-state index contributed by atoms with van der Waals surface area (Å²) < 4.78 is 5.24. The summed E-state index contributed by atoms with van der Waals surface area (Å²) in [4.78, 5) is 29.7. The Morgan fingerprint density at radius 1 is 1.50 bits per heavy atom. The lowest BCUT2D eigenvalue weighted by atomic mass is 10.1. The van der Waals surface area contributed by atoms with E-state index in [0.29, 0.717) is 36.9 Å². The van der Waals surface area contributed by atoms with E-state index in [9.17, 15) is 9.59 Å². The largest absolute Gasteiger partial charge is 0.462 e.